The van der Waals surface area contributed by atoms with Crippen LogP contribution in [0.1, 0.15) is 30.5 Å². The first-order valence-corrected chi connectivity index (χ1v) is 10.0. The predicted octanol–water partition coefficient (Wildman–Crippen LogP) is 4.89. The number of carbonyl (C=O) groups excluding carboxylic acids is 2. The number of aliphatic hydroxyl groups excluding tert-OH is 1. The van der Waals surface area contributed by atoms with Crippen molar-refractivity contribution in [2.24, 2.45) is 0 Å². The number of Topliss-reactive ketones (excluding diaryl/α,β-unsaturated/α-hetero) is 1. The lowest BCUT2D eigenvalue weighted by molar-refractivity contribution is -0.139. The van der Waals surface area contributed by atoms with Crippen molar-refractivity contribution in [2.75, 3.05) is 25.5 Å². The number of aliphatic hydroxyl groups is 1. The summed E-state index contributed by atoms with van der Waals surface area (Å²) in [6, 6.07) is 11.5. The van der Waals surface area contributed by atoms with E-state index in [0.717, 1.165) is 11.3 Å². The average Bonchev–Trinajstić information content (AvgIpc) is 2.95. The highest BCUT2D eigenvalue weighted by molar-refractivity contribution is 6.46. The molecule has 0 bridgehead atoms. The average molecular weight is 433 g/mol. The molecule has 0 spiro atoms. The molecular formula is C22H22Cl2N2O3. The molecule has 5 nitrogen and oxygen atoms in total. The second-order valence-electron chi connectivity index (χ2n) is 7.11. The van der Waals surface area contributed by atoms with Crippen molar-refractivity contribution in [1.29, 1.82) is 0 Å². The Morgan fingerprint density at radius 1 is 1.07 bits per heavy atom. The molecule has 1 fully saturated rings. The van der Waals surface area contributed by atoms with Crippen LogP contribution in [0, 0.1) is 0 Å². The third-order valence-corrected chi connectivity index (χ3v) is 5.66. The molecule has 2 aromatic rings. The van der Waals surface area contributed by atoms with Crippen LogP contribution in [0.4, 0.5) is 5.69 Å². The van der Waals surface area contributed by atoms with E-state index in [1.807, 2.05) is 50.2 Å². The van der Waals surface area contributed by atoms with E-state index in [9.17, 15) is 14.7 Å². The minimum Gasteiger partial charge on any atom is -0.507 e. The van der Waals surface area contributed by atoms with Gasteiger partial charge in [0.25, 0.3) is 11.7 Å². The van der Waals surface area contributed by atoms with Gasteiger partial charge in [0, 0.05) is 31.9 Å². The van der Waals surface area contributed by atoms with E-state index in [-0.39, 0.29) is 16.4 Å². The minimum absolute atomic E-state index is 0.0550. The smallest absolute Gasteiger partial charge is 0.295 e. The van der Waals surface area contributed by atoms with Gasteiger partial charge < -0.3 is 14.9 Å². The molecule has 1 unspecified atom stereocenters. The summed E-state index contributed by atoms with van der Waals surface area (Å²) in [5, 5.41) is 11.5. The zero-order chi connectivity index (χ0) is 21.3. The van der Waals surface area contributed by atoms with E-state index in [1.165, 1.54) is 11.0 Å². The van der Waals surface area contributed by atoms with Crippen LogP contribution in [0.15, 0.2) is 48.0 Å². The van der Waals surface area contributed by atoms with Gasteiger partial charge in [0.15, 0.2) is 0 Å². The van der Waals surface area contributed by atoms with Crippen molar-refractivity contribution in [3.8, 4) is 0 Å². The van der Waals surface area contributed by atoms with Crippen LogP contribution < -0.4 is 4.90 Å². The fraction of sp³-hybridized carbons (Fsp3) is 0.273. The van der Waals surface area contributed by atoms with Crippen LogP contribution >= 0.6 is 23.2 Å². The zero-order valence-electron chi connectivity index (χ0n) is 16.4. The van der Waals surface area contributed by atoms with Gasteiger partial charge in [-0.25, -0.2) is 0 Å². The topological polar surface area (TPSA) is 60.9 Å². The molecule has 1 aliphatic heterocycles. The minimum atomic E-state index is -0.705. The summed E-state index contributed by atoms with van der Waals surface area (Å²) in [5.74, 6) is -1.58. The molecule has 152 valence electrons. The van der Waals surface area contributed by atoms with Crippen molar-refractivity contribution in [2.45, 2.75) is 19.4 Å². The summed E-state index contributed by atoms with van der Waals surface area (Å²) in [6.45, 7) is 2.34. The van der Waals surface area contributed by atoms with Crippen molar-refractivity contribution < 1.29 is 14.7 Å². The molecule has 1 heterocycles. The number of halogens is 2. The summed E-state index contributed by atoms with van der Waals surface area (Å²) < 4.78 is 0. The van der Waals surface area contributed by atoms with E-state index >= 15 is 0 Å². The van der Waals surface area contributed by atoms with Crippen LogP contribution in [-0.2, 0) is 9.59 Å². The first-order chi connectivity index (χ1) is 13.8. The Hall–Kier alpha value is -2.50. The number of hydrogen-bond donors (Lipinski definition) is 1. The maximum Gasteiger partial charge on any atom is 0.295 e. The Bertz CT molecular complexity index is 984. The standard InChI is InChI=1S/C22H22Cl2N2O3/c1-4-11-26-19(13-5-8-15(9-6-13)25(2)3)18(21(28)22(26)29)20(27)14-7-10-16(23)17(24)12-14/h5-10,12,19,27H,4,11H2,1-3H3/b20-18-. The Kier molecular flexibility index (Phi) is 6.20. The molecule has 0 aromatic heterocycles. The monoisotopic (exact) mass is 432 g/mol. The van der Waals surface area contributed by atoms with Crippen LogP contribution in [0.2, 0.25) is 10.0 Å². The number of anilines is 1. The summed E-state index contributed by atoms with van der Waals surface area (Å²) in [4.78, 5) is 29.0. The summed E-state index contributed by atoms with van der Waals surface area (Å²) >= 11 is 12.0. The lowest BCUT2D eigenvalue weighted by Gasteiger charge is -2.25. The molecular weight excluding hydrogens is 411 g/mol. The number of rotatable bonds is 5. The van der Waals surface area contributed by atoms with Crippen LogP contribution in [0.3, 0.4) is 0 Å². The Balaban J connectivity index is 2.17. The van der Waals surface area contributed by atoms with Gasteiger partial charge in [0.2, 0.25) is 0 Å². The largest absolute Gasteiger partial charge is 0.507 e. The number of benzene rings is 2. The fourth-order valence-electron chi connectivity index (χ4n) is 3.45. The number of ketones is 1. The van der Waals surface area contributed by atoms with Gasteiger partial charge in [-0.15, -0.1) is 0 Å². The maximum absolute atomic E-state index is 12.8. The van der Waals surface area contributed by atoms with Crippen LogP contribution in [-0.4, -0.2) is 42.3 Å². The van der Waals surface area contributed by atoms with Gasteiger partial charge in [-0.2, -0.15) is 0 Å². The molecule has 2 aromatic carbocycles. The fourth-order valence-corrected chi connectivity index (χ4v) is 3.75. The Labute approximate surface area is 180 Å². The number of carbonyl (C=O) groups is 2. The first-order valence-electron chi connectivity index (χ1n) is 9.27. The quantitative estimate of drug-likeness (QED) is 0.414. The lowest BCUT2D eigenvalue weighted by atomic mass is 9.95. The summed E-state index contributed by atoms with van der Waals surface area (Å²) in [5.41, 5.74) is 2.14. The Morgan fingerprint density at radius 2 is 1.72 bits per heavy atom. The van der Waals surface area contributed by atoms with E-state index in [0.29, 0.717) is 23.6 Å². The third kappa shape index (κ3) is 3.98. The number of nitrogens with zero attached hydrogens (tertiary/aromatic N) is 2. The number of likely N-dealkylation sites (tertiary alicyclic amines) is 1. The highest BCUT2D eigenvalue weighted by Gasteiger charge is 2.45. The second kappa shape index (κ2) is 8.47. The molecule has 29 heavy (non-hydrogen) atoms. The van der Waals surface area contributed by atoms with Crippen molar-refractivity contribution in [1.82, 2.24) is 4.90 Å². The van der Waals surface area contributed by atoms with Gasteiger partial charge in [0.05, 0.1) is 21.7 Å². The predicted molar refractivity (Wildman–Crippen MR) is 117 cm³/mol. The molecule has 0 aliphatic carbocycles. The van der Waals surface area contributed by atoms with Gasteiger partial charge in [-0.05, 0) is 42.3 Å². The molecule has 1 saturated heterocycles. The van der Waals surface area contributed by atoms with E-state index in [1.54, 1.807) is 12.1 Å². The summed E-state index contributed by atoms with van der Waals surface area (Å²) in [7, 11) is 3.87. The Morgan fingerprint density at radius 3 is 2.28 bits per heavy atom. The molecule has 0 saturated carbocycles. The molecule has 7 heteroatoms. The van der Waals surface area contributed by atoms with Crippen molar-refractivity contribution in [3.63, 3.8) is 0 Å². The highest BCUT2D eigenvalue weighted by atomic mass is 35.5. The maximum atomic E-state index is 12.8. The highest BCUT2D eigenvalue weighted by Crippen LogP contribution is 2.40. The van der Waals surface area contributed by atoms with Crippen molar-refractivity contribution in [3.05, 3.63) is 69.2 Å². The third-order valence-electron chi connectivity index (χ3n) is 4.92. The molecule has 1 atom stereocenters. The van der Waals surface area contributed by atoms with Crippen LogP contribution in [0.25, 0.3) is 5.76 Å². The second-order valence-corrected chi connectivity index (χ2v) is 7.92. The molecule has 1 aliphatic rings. The van der Waals surface area contributed by atoms with E-state index < -0.39 is 17.7 Å². The van der Waals surface area contributed by atoms with Crippen molar-refractivity contribution >= 4 is 46.3 Å². The van der Waals surface area contributed by atoms with Gasteiger partial charge in [-0.3, -0.25) is 9.59 Å². The van der Waals surface area contributed by atoms with Gasteiger partial charge >= 0.3 is 0 Å². The zero-order valence-corrected chi connectivity index (χ0v) is 18.0. The SMILES string of the molecule is CCCN1C(=O)C(=O)/C(=C(\O)c2ccc(Cl)c(Cl)c2)C1c1ccc(N(C)C)cc1. The molecule has 0 radical (unpaired) electrons. The molecule has 1 amide bonds. The molecule has 1 N–H and O–H groups in total. The number of hydrogen-bond acceptors (Lipinski definition) is 4. The normalized spacial score (nSPS) is 18.4. The van der Waals surface area contributed by atoms with E-state index in [4.69, 9.17) is 23.2 Å². The molecule has 3 rings (SSSR count). The lowest BCUT2D eigenvalue weighted by Crippen LogP contribution is -2.30. The van der Waals surface area contributed by atoms with Gasteiger partial charge in [-0.1, -0.05) is 42.3 Å². The van der Waals surface area contributed by atoms with E-state index in [2.05, 4.69) is 0 Å². The number of amides is 1. The summed E-state index contributed by atoms with van der Waals surface area (Å²) in [6.07, 6.45) is 0.687. The van der Waals surface area contributed by atoms with Gasteiger partial charge in [0.1, 0.15) is 5.76 Å². The van der Waals surface area contributed by atoms with Crippen LogP contribution in [0.5, 0.6) is 0 Å². The first kappa shape index (κ1) is 21.2.